The van der Waals surface area contributed by atoms with E-state index in [1.54, 1.807) is 0 Å². The molecule has 0 aromatic carbocycles. The molecule has 0 amide bonds. The zero-order chi connectivity index (χ0) is 5.86. The summed E-state index contributed by atoms with van der Waals surface area (Å²) in [5.74, 6) is 0. The standard InChI is InChI=1S/C5H9ClO/c1-4(2)7-5(3)6/h4H,3H2,1-2H3. The Kier molecular flexibility index (Phi) is 2.84. The molecule has 0 aromatic rings. The lowest BCUT2D eigenvalue weighted by molar-refractivity contribution is 0.169. The summed E-state index contributed by atoms with van der Waals surface area (Å²) in [6.45, 7) is 7.13. The van der Waals surface area contributed by atoms with E-state index >= 15 is 0 Å². The molecule has 0 aromatic heterocycles. The van der Waals surface area contributed by atoms with Gasteiger partial charge in [-0.2, -0.15) is 0 Å². The fourth-order valence-corrected chi connectivity index (χ4v) is 0.434. The van der Waals surface area contributed by atoms with Crippen molar-refractivity contribution in [3.63, 3.8) is 0 Å². The van der Waals surface area contributed by atoms with Crippen molar-refractivity contribution in [2.24, 2.45) is 0 Å². The smallest absolute Gasteiger partial charge is 0.179 e. The average molecular weight is 121 g/mol. The van der Waals surface area contributed by atoms with Crippen LogP contribution in [0, 0.1) is 0 Å². The summed E-state index contributed by atoms with van der Waals surface area (Å²) in [5.41, 5.74) is 0. The van der Waals surface area contributed by atoms with Crippen LogP contribution in [0.3, 0.4) is 0 Å². The van der Waals surface area contributed by atoms with Crippen LogP contribution >= 0.6 is 11.6 Å². The Labute approximate surface area is 48.9 Å². The summed E-state index contributed by atoms with van der Waals surface area (Å²) in [5, 5.41) is 0.259. The monoisotopic (exact) mass is 120 g/mol. The van der Waals surface area contributed by atoms with Gasteiger partial charge in [0.05, 0.1) is 6.10 Å². The molecule has 0 saturated heterocycles. The summed E-state index contributed by atoms with van der Waals surface area (Å²) in [6, 6.07) is 0. The van der Waals surface area contributed by atoms with Crippen LogP contribution in [0.4, 0.5) is 0 Å². The third-order valence-electron chi connectivity index (χ3n) is 0.364. The van der Waals surface area contributed by atoms with Gasteiger partial charge in [-0.15, -0.1) is 0 Å². The molecule has 0 aliphatic carbocycles. The SMILES string of the molecule is C=C(Cl)OC(C)C. The van der Waals surface area contributed by atoms with Gasteiger partial charge in [-0.3, -0.25) is 0 Å². The Morgan fingerprint density at radius 1 is 1.71 bits per heavy atom. The number of ether oxygens (including phenoxy) is 1. The van der Waals surface area contributed by atoms with Crippen LogP contribution in [0.5, 0.6) is 0 Å². The molecule has 0 rings (SSSR count). The first-order chi connectivity index (χ1) is 3.13. The van der Waals surface area contributed by atoms with Crippen LogP contribution in [0.25, 0.3) is 0 Å². The van der Waals surface area contributed by atoms with Crippen molar-refractivity contribution >= 4 is 11.6 Å². The molecule has 0 fully saturated rings. The van der Waals surface area contributed by atoms with Crippen LogP contribution in [0.1, 0.15) is 13.8 Å². The predicted octanol–water partition coefficient (Wildman–Crippen LogP) is 2.12. The molecule has 0 radical (unpaired) electrons. The summed E-state index contributed by atoms with van der Waals surface area (Å²) in [4.78, 5) is 0. The topological polar surface area (TPSA) is 9.23 Å². The van der Waals surface area contributed by atoms with Crippen LogP contribution in [0.15, 0.2) is 11.8 Å². The summed E-state index contributed by atoms with van der Waals surface area (Å²) in [7, 11) is 0. The third kappa shape index (κ3) is 5.83. The Balaban J connectivity index is 3.13. The Morgan fingerprint density at radius 2 is 2.14 bits per heavy atom. The van der Waals surface area contributed by atoms with Gasteiger partial charge in [0.15, 0.2) is 5.22 Å². The van der Waals surface area contributed by atoms with Crippen molar-refractivity contribution in [2.45, 2.75) is 20.0 Å². The van der Waals surface area contributed by atoms with Crippen molar-refractivity contribution in [2.75, 3.05) is 0 Å². The Bertz CT molecular complexity index is 68.5. The maximum atomic E-state index is 5.26. The van der Waals surface area contributed by atoms with Gasteiger partial charge in [0.2, 0.25) is 0 Å². The first-order valence-corrected chi connectivity index (χ1v) is 2.52. The zero-order valence-corrected chi connectivity index (χ0v) is 5.33. The average Bonchev–Trinajstić information content (AvgIpc) is 1.27. The van der Waals surface area contributed by atoms with Crippen LogP contribution in [-0.2, 0) is 4.74 Å². The van der Waals surface area contributed by atoms with E-state index in [0.717, 1.165) is 0 Å². The second kappa shape index (κ2) is 2.92. The molecule has 0 aliphatic heterocycles. The molecule has 0 unspecified atom stereocenters. The highest BCUT2D eigenvalue weighted by molar-refractivity contribution is 6.27. The largest absolute Gasteiger partial charge is 0.481 e. The number of halogens is 1. The lowest BCUT2D eigenvalue weighted by Crippen LogP contribution is -1.96. The van der Waals surface area contributed by atoms with Crippen LogP contribution in [0.2, 0.25) is 0 Å². The number of hydrogen-bond donors (Lipinski definition) is 0. The van der Waals surface area contributed by atoms with Crippen molar-refractivity contribution < 1.29 is 4.74 Å². The first kappa shape index (κ1) is 6.83. The van der Waals surface area contributed by atoms with Gasteiger partial charge in [-0.05, 0) is 32.0 Å². The van der Waals surface area contributed by atoms with Gasteiger partial charge in [0, 0.05) is 0 Å². The second-order valence-electron chi connectivity index (χ2n) is 1.52. The van der Waals surface area contributed by atoms with Gasteiger partial charge >= 0.3 is 0 Å². The lowest BCUT2D eigenvalue weighted by Gasteiger charge is -2.04. The highest BCUT2D eigenvalue weighted by Crippen LogP contribution is 2.01. The minimum atomic E-state index is 0.144. The summed E-state index contributed by atoms with van der Waals surface area (Å²) < 4.78 is 4.82. The van der Waals surface area contributed by atoms with E-state index in [1.165, 1.54) is 0 Å². The van der Waals surface area contributed by atoms with Crippen molar-refractivity contribution in [3.8, 4) is 0 Å². The summed E-state index contributed by atoms with van der Waals surface area (Å²) >= 11 is 5.26. The van der Waals surface area contributed by atoms with Crippen molar-refractivity contribution in [1.82, 2.24) is 0 Å². The summed E-state index contributed by atoms with van der Waals surface area (Å²) in [6.07, 6.45) is 0.144. The van der Waals surface area contributed by atoms with Gasteiger partial charge in [0.25, 0.3) is 0 Å². The van der Waals surface area contributed by atoms with E-state index in [0.29, 0.717) is 0 Å². The second-order valence-corrected chi connectivity index (χ2v) is 1.94. The maximum absolute atomic E-state index is 5.26. The van der Waals surface area contributed by atoms with Crippen molar-refractivity contribution in [3.05, 3.63) is 11.8 Å². The molecule has 0 bridgehead atoms. The van der Waals surface area contributed by atoms with Gasteiger partial charge in [0.1, 0.15) is 0 Å². The number of rotatable bonds is 2. The molecule has 0 atom stereocenters. The molecule has 0 spiro atoms. The maximum Gasteiger partial charge on any atom is 0.179 e. The van der Waals surface area contributed by atoms with Crippen LogP contribution < -0.4 is 0 Å². The zero-order valence-electron chi connectivity index (χ0n) is 4.57. The highest BCUT2D eigenvalue weighted by atomic mass is 35.5. The molecule has 7 heavy (non-hydrogen) atoms. The third-order valence-corrected chi connectivity index (χ3v) is 0.453. The van der Waals surface area contributed by atoms with E-state index in [9.17, 15) is 0 Å². The molecule has 42 valence electrons. The molecular formula is C5H9ClO. The minimum absolute atomic E-state index is 0.144. The first-order valence-electron chi connectivity index (χ1n) is 2.14. The van der Waals surface area contributed by atoms with Crippen LogP contribution in [-0.4, -0.2) is 6.10 Å². The predicted molar refractivity (Wildman–Crippen MR) is 31.2 cm³/mol. The number of hydrogen-bond acceptors (Lipinski definition) is 1. The van der Waals surface area contributed by atoms with E-state index in [1.807, 2.05) is 13.8 Å². The van der Waals surface area contributed by atoms with E-state index in [-0.39, 0.29) is 11.3 Å². The van der Waals surface area contributed by atoms with Gasteiger partial charge in [-0.1, -0.05) is 0 Å². The normalized spacial score (nSPS) is 9.14. The van der Waals surface area contributed by atoms with Gasteiger partial charge in [-0.25, -0.2) is 0 Å². The van der Waals surface area contributed by atoms with Gasteiger partial charge < -0.3 is 4.74 Å². The fourth-order valence-electron chi connectivity index (χ4n) is 0.256. The quantitative estimate of drug-likeness (QED) is 0.508. The molecule has 0 aliphatic rings. The molecule has 0 saturated carbocycles. The Hall–Kier alpha value is -0.170. The fraction of sp³-hybridized carbons (Fsp3) is 0.600. The van der Waals surface area contributed by atoms with E-state index < -0.39 is 0 Å². The van der Waals surface area contributed by atoms with Crippen molar-refractivity contribution in [1.29, 1.82) is 0 Å². The molecular weight excluding hydrogens is 112 g/mol. The Morgan fingerprint density at radius 3 is 2.14 bits per heavy atom. The van der Waals surface area contributed by atoms with E-state index in [2.05, 4.69) is 6.58 Å². The highest BCUT2D eigenvalue weighted by Gasteiger charge is 1.90. The molecule has 0 N–H and O–H groups in total. The molecule has 2 heteroatoms. The minimum Gasteiger partial charge on any atom is -0.481 e. The molecule has 0 heterocycles. The van der Waals surface area contributed by atoms with E-state index in [4.69, 9.17) is 16.3 Å². The lowest BCUT2D eigenvalue weighted by atomic mass is 10.5. The molecule has 1 nitrogen and oxygen atoms in total.